The number of aryl methyl sites for hydroxylation is 1. The third kappa shape index (κ3) is 3.22. The summed E-state index contributed by atoms with van der Waals surface area (Å²) in [5, 5.41) is 10.8. The lowest BCUT2D eigenvalue weighted by atomic mass is 10.2. The molecule has 5 nitrogen and oxygen atoms in total. The van der Waals surface area contributed by atoms with Gasteiger partial charge in [0.05, 0.1) is 11.0 Å². The lowest BCUT2D eigenvalue weighted by Crippen LogP contribution is -1.93. The van der Waals surface area contributed by atoms with E-state index >= 15 is 0 Å². The minimum Gasteiger partial charge on any atom is -0.457 e. The number of nitrogens with zero attached hydrogens (tertiary/aromatic N) is 1. The summed E-state index contributed by atoms with van der Waals surface area (Å²) in [5.74, 6) is 0.999. The Kier molecular flexibility index (Phi) is 3.66. The summed E-state index contributed by atoms with van der Waals surface area (Å²) in [6.07, 6.45) is 0.897. The molecule has 0 aliphatic heterocycles. The van der Waals surface area contributed by atoms with Crippen LogP contribution < -0.4 is 10.5 Å². The Labute approximate surface area is 110 Å². The number of benzene rings is 2. The zero-order valence-corrected chi connectivity index (χ0v) is 10.5. The first-order chi connectivity index (χ1) is 9.08. The van der Waals surface area contributed by atoms with E-state index in [0.717, 1.165) is 12.0 Å². The number of nitro groups is 1. The van der Waals surface area contributed by atoms with Crippen LogP contribution in [0.15, 0.2) is 42.5 Å². The number of nitro benzene ring substituents is 1. The number of rotatable bonds is 4. The van der Waals surface area contributed by atoms with Crippen LogP contribution in [0.5, 0.6) is 11.5 Å². The van der Waals surface area contributed by atoms with Crippen LogP contribution in [-0.4, -0.2) is 4.92 Å². The largest absolute Gasteiger partial charge is 0.457 e. The van der Waals surface area contributed by atoms with E-state index < -0.39 is 4.92 Å². The Morgan fingerprint density at radius 3 is 2.68 bits per heavy atom. The average molecular weight is 258 g/mol. The highest BCUT2D eigenvalue weighted by molar-refractivity contribution is 5.54. The van der Waals surface area contributed by atoms with Crippen LogP contribution >= 0.6 is 0 Å². The van der Waals surface area contributed by atoms with Gasteiger partial charge >= 0.3 is 0 Å². The van der Waals surface area contributed by atoms with Gasteiger partial charge in [-0.05, 0) is 24.1 Å². The first-order valence-electron chi connectivity index (χ1n) is 5.90. The van der Waals surface area contributed by atoms with Crippen molar-refractivity contribution in [2.45, 2.75) is 13.3 Å². The molecule has 0 fully saturated rings. The van der Waals surface area contributed by atoms with Gasteiger partial charge in [0, 0.05) is 17.8 Å². The highest BCUT2D eigenvalue weighted by Crippen LogP contribution is 2.28. The molecule has 19 heavy (non-hydrogen) atoms. The lowest BCUT2D eigenvalue weighted by molar-refractivity contribution is -0.384. The molecule has 0 amide bonds. The van der Waals surface area contributed by atoms with Crippen LogP contribution in [0.1, 0.15) is 12.5 Å². The van der Waals surface area contributed by atoms with Gasteiger partial charge in [-0.3, -0.25) is 10.1 Å². The Bertz CT molecular complexity index is 611. The van der Waals surface area contributed by atoms with Gasteiger partial charge in [0.2, 0.25) is 0 Å². The van der Waals surface area contributed by atoms with E-state index in [1.165, 1.54) is 12.1 Å². The van der Waals surface area contributed by atoms with Gasteiger partial charge < -0.3 is 10.5 Å². The van der Waals surface area contributed by atoms with E-state index in [9.17, 15) is 10.1 Å². The van der Waals surface area contributed by atoms with E-state index in [0.29, 0.717) is 17.2 Å². The maximum atomic E-state index is 10.8. The van der Waals surface area contributed by atoms with Crippen molar-refractivity contribution in [3.63, 3.8) is 0 Å². The Morgan fingerprint density at radius 2 is 2.00 bits per heavy atom. The monoisotopic (exact) mass is 258 g/mol. The highest BCUT2D eigenvalue weighted by Gasteiger charge is 2.10. The quantitative estimate of drug-likeness (QED) is 0.517. The molecule has 0 radical (unpaired) electrons. The van der Waals surface area contributed by atoms with Crippen LogP contribution in [0, 0.1) is 10.1 Å². The second-order valence-electron chi connectivity index (χ2n) is 4.12. The number of ether oxygens (including phenoxy) is 1. The minimum atomic E-state index is -0.494. The van der Waals surface area contributed by atoms with Crippen molar-refractivity contribution < 1.29 is 9.66 Å². The smallest absolute Gasteiger partial charge is 0.275 e. The zero-order valence-electron chi connectivity index (χ0n) is 10.5. The van der Waals surface area contributed by atoms with Crippen molar-refractivity contribution >= 4 is 11.4 Å². The summed E-state index contributed by atoms with van der Waals surface area (Å²) in [5.41, 5.74) is 6.98. The van der Waals surface area contributed by atoms with Gasteiger partial charge in [-0.15, -0.1) is 0 Å². The van der Waals surface area contributed by atoms with E-state index in [4.69, 9.17) is 10.5 Å². The second kappa shape index (κ2) is 5.39. The Morgan fingerprint density at radius 1 is 1.21 bits per heavy atom. The SMILES string of the molecule is CCc1cccc(Oc2cc(N)cc([N+](=O)[O-])c2)c1. The molecule has 2 aromatic carbocycles. The minimum absolute atomic E-state index is 0.0818. The van der Waals surface area contributed by atoms with Gasteiger partial charge in [0.1, 0.15) is 11.5 Å². The van der Waals surface area contributed by atoms with Gasteiger partial charge in [0.15, 0.2) is 0 Å². The Hall–Kier alpha value is -2.56. The maximum Gasteiger partial charge on any atom is 0.275 e. The van der Waals surface area contributed by atoms with Gasteiger partial charge in [-0.2, -0.15) is 0 Å². The molecule has 98 valence electrons. The summed E-state index contributed by atoms with van der Waals surface area (Å²) in [7, 11) is 0. The Balaban J connectivity index is 2.29. The summed E-state index contributed by atoms with van der Waals surface area (Å²) in [6.45, 7) is 2.05. The molecule has 0 unspecified atom stereocenters. The standard InChI is InChI=1S/C14H14N2O3/c1-2-10-4-3-5-13(6-10)19-14-8-11(15)7-12(9-14)16(17)18/h3-9H,2,15H2,1H3. The van der Waals surface area contributed by atoms with Crippen molar-refractivity contribution in [1.82, 2.24) is 0 Å². The van der Waals surface area contributed by atoms with E-state index in [2.05, 4.69) is 0 Å². The molecule has 0 spiro atoms. The number of hydrogen-bond donors (Lipinski definition) is 1. The summed E-state index contributed by atoms with van der Waals surface area (Å²) < 4.78 is 5.61. The molecule has 0 saturated heterocycles. The first kappa shape index (κ1) is 12.9. The van der Waals surface area contributed by atoms with E-state index in [-0.39, 0.29) is 5.69 Å². The van der Waals surface area contributed by atoms with Crippen LogP contribution in [0.2, 0.25) is 0 Å². The van der Waals surface area contributed by atoms with E-state index in [1.807, 2.05) is 25.1 Å². The van der Waals surface area contributed by atoms with Crippen molar-refractivity contribution in [2.24, 2.45) is 0 Å². The molecule has 0 aliphatic rings. The predicted molar refractivity (Wildman–Crippen MR) is 73.4 cm³/mol. The summed E-state index contributed by atoms with van der Waals surface area (Å²) >= 11 is 0. The van der Waals surface area contributed by atoms with Crippen molar-refractivity contribution in [2.75, 3.05) is 5.73 Å². The second-order valence-corrected chi connectivity index (χ2v) is 4.12. The van der Waals surface area contributed by atoms with Crippen molar-refractivity contribution in [3.05, 3.63) is 58.1 Å². The van der Waals surface area contributed by atoms with Gasteiger partial charge in [-0.25, -0.2) is 0 Å². The average Bonchev–Trinajstić information content (AvgIpc) is 2.38. The third-order valence-corrected chi connectivity index (χ3v) is 2.67. The molecule has 2 aromatic rings. The van der Waals surface area contributed by atoms with Crippen LogP contribution in [0.3, 0.4) is 0 Å². The van der Waals surface area contributed by atoms with Crippen LogP contribution in [0.4, 0.5) is 11.4 Å². The molecule has 0 heterocycles. The van der Waals surface area contributed by atoms with Crippen LogP contribution in [0.25, 0.3) is 0 Å². The van der Waals surface area contributed by atoms with Crippen LogP contribution in [-0.2, 0) is 6.42 Å². The molecule has 0 aliphatic carbocycles. The number of non-ortho nitro benzene ring substituents is 1. The molecule has 0 atom stereocenters. The summed E-state index contributed by atoms with van der Waals surface area (Å²) in [6, 6.07) is 11.8. The number of anilines is 1. The highest BCUT2D eigenvalue weighted by atomic mass is 16.6. The summed E-state index contributed by atoms with van der Waals surface area (Å²) in [4.78, 5) is 10.3. The topological polar surface area (TPSA) is 78.4 Å². The third-order valence-electron chi connectivity index (χ3n) is 2.67. The number of hydrogen-bond acceptors (Lipinski definition) is 4. The maximum absolute atomic E-state index is 10.8. The van der Waals surface area contributed by atoms with E-state index in [1.54, 1.807) is 12.1 Å². The zero-order chi connectivity index (χ0) is 13.8. The fraction of sp³-hybridized carbons (Fsp3) is 0.143. The predicted octanol–water partition coefficient (Wildman–Crippen LogP) is 3.53. The fourth-order valence-corrected chi connectivity index (χ4v) is 1.74. The van der Waals surface area contributed by atoms with Crippen molar-refractivity contribution in [3.8, 4) is 11.5 Å². The molecule has 0 aromatic heterocycles. The van der Waals surface area contributed by atoms with Gasteiger partial charge in [-0.1, -0.05) is 19.1 Å². The molecule has 0 saturated carbocycles. The fourth-order valence-electron chi connectivity index (χ4n) is 1.74. The molecule has 2 rings (SSSR count). The molecular weight excluding hydrogens is 244 g/mol. The first-order valence-corrected chi connectivity index (χ1v) is 5.90. The molecule has 5 heteroatoms. The molecular formula is C14H14N2O3. The number of nitrogen functional groups attached to an aromatic ring is 1. The lowest BCUT2D eigenvalue weighted by Gasteiger charge is -2.07. The number of nitrogens with two attached hydrogens (primary N) is 1. The molecule has 0 bridgehead atoms. The molecule has 2 N–H and O–H groups in total. The normalized spacial score (nSPS) is 10.2. The van der Waals surface area contributed by atoms with Crippen molar-refractivity contribution in [1.29, 1.82) is 0 Å². The van der Waals surface area contributed by atoms with Gasteiger partial charge in [0.25, 0.3) is 5.69 Å².